The minimum atomic E-state index is -0.832. The van der Waals surface area contributed by atoms with Crippen LogP contribution in [0, 0.1) is 0 Å². The van der Waals surface area contributed by atoms with Crippen LogP contribution < -0.4 is 9.47 Å². The molecule has 1 heterocycles. The van der Waals surface area contributed by atoms with Crippen LogP contribution in [-0.4, -0.2) is 28.6 Å². The van der Waals surface area contributed by atoms with Gasteiger partial charge in [0.25, 0.3) is 0 Å². The first kappa shape index (κ1) is 13.7. The number of ether oxygens (including phenoxy) is 2. The van der Waals surface area contributed by atoms with Crippen molar-refractivity contribution in [2.24, 2.45) is 7.05 Å². The van der Waals surface area contributed by atoms with Crippen LogP contribution in [0.2, 0.25) is 5.02 Å². The van der Waals surface area contributed by atoms with Crippen LogP contribution >= 0.6 is 11.6 Å². The third-order valence-electron chi connectivity index (χ3n) is 2.69. The Kier molecular flexibility index (Phi) is 4.29. The van der Waals surface area contributed by atoms with Crippen molar-refractivity contribution in [3.05, 3.63) is 41.2 Å². The van der Waals surface area contributed by atoms with Gasteiger partial charge in [-0.1, -0.05) is 17.7 Å². The van der Waals surface area contributed by atoms with E-state index in [0.717, 1.165) is 0 Å². The summed E-state index contributed by atoms with van der Waals surface area (Å²) in [7, 11) is 3.27. The second-order valence-electron chi connectivity index (χ2n) is 4.01. The lowest BCUT2D eigenvalue weighted by Crippen LogP contribution is -2.14. The topological polar surface area (TPSA) is 56.5 Å². The number of rotatable bonds is 5. The molecule has 1 aromatic carbocycles. The Labute approximate surface area is 116 Å². The number of nitrogens with zero attached hydrogens (tertiary/aromatic N) is 2. The molecule has 1 N–H and O–H groups in total. The number of aromatic nitrogens is 2. The summed E-state index contributed by atoms with van der Waals surface area (Å²) in [4.78, 5) is 0. The largest absolute Gasteiger partial charge is 0.493 e. The first-order chi connectivity index (χ1) is 9.11. The van der Waals surface area contributed by atoms with Gasteiger partial charge in [0.2, 0.25) is 0 Å². The maximum atomic E-state index is 10.1. The molecule has 0 bridgehead atoms. The number of aliphatic hydroxyl groups excluding tert-OH is 1. The molecule has 2 rings (SSSR count). The molecule has 1 atom stereocenters. The Hall–Kier alpha value is -1.72. The summed E-state index contributed by atoms with van der Waals surface area (Å²) >= 11 is 5.86. The van der Waals surface area contributed by atoms with Gasteiger partial charge in [-0.25, -0.2) is 0 Å². The molecule has 0 saturated heterocycles. The lowest BCUT2D eigenvalue weighted by molar-refractivity contribution is 0.0986. The molecule has 19 heavy (non-hydrogen) atoms. The Morgan fingerprint density at radius 2 is 2.26 bits per heavy atom. The molecule has 1 unspecified atom stereocenters. The van der Waals surface area contributed by atoms with Gasteiger partial charge in [-0.2, -0.15) is 5.10 Å². The Morgan fingerprint density at radius 1 is 1.47 bits per heavy atom. The molecule has 0 aliphatic heterocycles. The SMILES string of the molecule is COc1cnn(C)c1C(O)COc1cccc(Cl)c1. The molecule has 102 valence electrons. The standard InChI is InChI=1S/C13H15ClN2O3/c1-16-13(12(18-2)7-15-16)11(17)8-19-10-5-3-4-9(14)6-10/h3-7,11,17H,8H2,1-2H3. The molecule has 0 amide bonds. The van der Waals surface area contributed by atoms with Crippen molar-refractivity contribution in [3.63, 3.8) is 0 Å². The molecule has 1 aromatic heterocycles. The van der Waals surface area contributed by atoms with Crippen molar-refractivity contribution in [1.82, 2.24) is 9.78 Å². The van der Waals surface area contributed by atoms with Crippen LogP contribution in [0.4, 0.5) is 0 Å². The van der Waals surface area contributed by atoms with Crippen molar-refractivity contribution in [1.29, 1.82) is 0 Å². The third-order valence-corrected chi connectivity index (χ3v) is 2.92. The monoisotopic (exact) mass is 282 g/mol. The highest BCUT2D eigenvalue weighted by atomic mass is 35.5. The molecule has 6 heteroatoms. The number of methoxy groups -OCH3 is 1. The predicted molar refractivity (Wildman–Crippen MR) is 71.7 cm³/mol. The summed E-state index contributed by atoms with van der Waals surface area (Å²) in [5, 5.41) is 14.8. The molecule has 0 aliphatic carbocycles. The van der Waals surface area contributed by atoms with E-state index in [-0.39, 0.29) is 6.61 Å². The van der Waals surface area contributed by atoms with E-state index in [1.807, 2.05) is 0 Å². The van der Waals surface area contributed by atoms with E-state index in [0.29, 0.717) is 22.2 Å². The summed E-state index contributed by atoms with van der Waals surface area (Å²) in [6.07, 6.45) is 0.722. The lowest BCUT2D eigenvalue weighted by Gasteiger charge is -2.14. The smallest absolute Gasteiger partial charge is 0.162 e. The average molecular weight is 283 g/mol. The van der Waals surface area contributed by atoms with E-state index in [2.05, 4.69) is 5.10 Å². The Morgan fingerprint density at radius 3 is 2.95 bits per heavy atom. The number of halogens is 1. The van der Waals surface area contributed by atoms with E-state index in [4.69, 9.17) is 21.1 Å². The van der Waals surface area contributed by atoms with E-state index < -0.39 is 6.10 Å². The van der Waals surface area contributed by atoms with Crippen molar-refractivity contribution < 1.29 is 14.6 Å². The first-order valence-electron chi connectivity index (χ1n) is 5.74. The van der Waals surface area contributed by atoms with Gasteiger partial charge in [0.1, 0.15) is 24.2 Å². The summed E-state index contributed by atoms with van der Waals surface area (Å²) < 4.78 is 12.2. The fourth-order valence-electron chi connectivity index (χ4n) is 1.77. The van der Waals surface area contributed by atoms with Gasteiger partial charge >= 0.3 is 0 Å². The van der Waals surface area contributed by atoms with Crippen LogP contribution in [0.1, 0.15) is 11.8 Å². The van der Waals surface area contributed by atoms with Gasteiger partial charge in [-0.15, -0.1) is 0 Å². The van der Waals surface area contributed by atoms with Gasteiger partial charge in [-0.3, -0.25) is 4.68 Å². The van der Waals surface area contributed by atoms with Crippen molar-refractivity contribution in [2.45, 2.75) is 6.10 Å². The van der Waals surface area contributed by atoms with Crippen molar-refractivity contribution >= 4 is 11.6 Å². The molecule has 0 radical (unpaired) electrons. The molecule has 0 aliphatic rings. The van der Waals surface area contributed by atoms with Crippen molar-refractivity contribution in [3.8, 4) is 11.5 Å². The fraction of sp³-hybridized carbons (Fsp3) is 0.308. The maximum Gasteiger partial charge on any atom is 0.162 e. The molecule has 0 fully saturated rings. The van der Waals surface area contributed by atoms with Gasteiger partial charge in [0.05, 0.1) is 13.3 Å². The molecular weight excluding hydrogens is 268 g/mol. The fourth-order valence-corrected chi connectivity index (χ4v) is 1.96. The number of aryl methyl sites for hydroxylation is 1. The zero-order valence-corrected chi connectivity index (χ0v) is 11.5. The number of aliphatic hydroxyl groups is 1. The lowest BCUT2D eigenvalue weighted by atomic mass is 10.2. The van der Waals surface area contributed by atoms with Crippen LogP contribution in [0.25, 0.3) is 0 Å². The molecule has 0 saturated carbocycles. The minimum absolute atomic E-state index is 0.0935. The van der Waals surface area contributed by atoms with Gasteiger partial charge in [-0.05, 0) is 18.2 Å². The average Bonchev–Trinajstić information content (AvgIpc) is 2.77. The highest BCUT2D eigenvalue weighted by molar-refractivity contribution is 6.30. The van der Waals surface area contributed by atoms with E-state index >= 15 is 0 Å². The van der Waals surface area contributed by atoms with Crippen LogP contribution in [0.5, 0.6) is 11.5 Å². The summed E-state index contributed by atoms with van der Waals surface area (Å²) in [6.45, 7) is 0.0935. The molecule has 0 spiro atoms. The summed E-state index contributed by atoms with van der Waals surface area (Å²) in [6, 6.07) is 7.01. The second kappa shape index (κ2) is 5.95. The minimum Gasteiger partial charge on any atom is -0.493 e. The molecule has 2 aromatic rings. The van der Waals surface area contributed by atoms with Crippen LogP contribution in [0.3, 0.4) is 0 Å². The molecular formula is C13H15ClN2O3. The molecule has 5 nitrogen and oxygen atoms in total. The van der Waals surface area contributed by atoms with E-state index in [1.165, 1.54) is 7.11 Å². The van der Waals surface area contributed by atoms with Gasteiger partial charge < -0.3 is 14.6 Å². The summed E-state index contributed by atoms with van der Waals surface area (Å²) in [5.74, 6) is 1.14. The second-order valence-corrected chi connectivity index (χ2v) is 4.44. The van der Waals surface area contributed by atoms with Gasteiger partial charge in [0, 0.05) is 12.1 Å². The normalized spacial score (nSPS) is 12.2. The summed E-state index contributed by atoms with van der Waals surface area (Å²) in [5.41, 5.74) is 0.574. The number of benzene rings is 1. The Balaban J connectivity index is 2.05. The van der Waals surface area contributed by atoms with E-state index in [9.17, 15) is 5.11 Å². The quantitative estimate of drug-likeness (QED) is 0.913. The zero-order valence-electron chi connectivity index (χ0n) is 10.7. The first-order valence-corrected chi connectivity index (χ1v) is 6.12. The number of hydrogen-bond donors (Lipinski definition) is 1. The zero-order chi connectivity index (χ0) is 13.8. The van der Waals surface area contributed by atoms with Crippen LogP contribution in [0.15, 0.2) is 30.5 Å². The van der Waals surface area contributed by atoms with Gasteiger partial charge in [0.15, 0.2) is 5.75 Å². The Bertz CT molecular complexity index is 557. The third kappa shape index (κ3) is 3.19. The maximum absolute atomic E-state index is 10.1. The highest BCUT2D eigenvalue weighted by Crippen LogP contribution is 2.25. The van der Waals surface area contributed by atoms with Crippen LogP contribution in [-0.2, 0) is 7.05 Å². The number of hydrogen-bond acceptors (Lipinski definition) is 4. The van der Waals surface area contributed by atoms with E-state index in [1.54, 1.807) is 42.2 Å². The predicted octanol–water partition coefficient (Wildman–Crippen LogP) is 2.19. The highest BCUT2D eigenvalue weighted by Gasteiger charge is 2.19. The van der Waals surface area contributed by atoms with Crippen molar-refractivity contribution in [2.75, 3.05) is 13.7 Å².